The smallest absolute Gasteiger partial charge is 0.140 e. The lowest BCUT2D eigenvalue weighted by molar-refractivity contribution is 0.332. The maximum Gasteiger partial charge on any atom is 0.140 e. The van der Waals surface area contributed by atoms with Crippen molar-refractivity contribution in [1.29, 1.82) is 0 Å². The average molecular weight is 250 g/mol. The standard InChI is InChI=1S/C14H26N4/c1-3-18-14(16-11-17-18)10-15-12(2)13-8-6-4-5-7-9-13/h11-13,15H,3-10H2,1-2H3/t12-/m0/s1. The highest BCUT2D eigenvalue weighted by atomic mass is 15.3. The second-order valence-corrected chi connectivity index (χ2v) is 5.41. The van der Waals surface area contributed by atoms with E-state index in [0.717, 1.165) is 24.8 Å². The molecule has 1 aromatic heterocycles. The summed E-state index contributed by atoms with van der Waals surface area (Å²) in [6, 6.07) is 0.588. The van der Waals surface area contributed by atoms with Gasteiger partial charge in [-0.25, -0.2) is 9.67 Å². The maximum atomic E-state index is 4.31. The van der Waals surface area contributed by atoms with Gasteiger partial charge in [-0.3, -0.25) is 0 Å². The molecule has 0 unspecified atom stereocenters. The SMILES string of the molecule is CCn1ncnc1CN[C@@H](C)C1CCCCCC1. The van der Waals surface area contributed by atoms with Crippen molar-refractivity contribution in [2.75, 3.05) is 0 Å². The van der Waals surface area contributed by atoms with Gasteiger partial charge in [0.15, 0.2) is 0 Å². The fourth-order valence-electron chi connectivity index (χ4n) is 2.92. The molecule has 1 heterocycles. The van der Waals surface area contributed by atoms with Crippen LogP contribution < -0.4 is 5.32 Å². The van der Waals surface area contributed by atoms with Crippen LogP contribution in [0, 0.1) is 5.92 Å². The number of aromatic nitrogens is 3. The van der Waals surface area contributed by atoms with E-state index in [0.29, 0.717) is 6.04 Å². The average Bonchev–Trinajstić information content (AvgIpc) is 2.67. The number of nitrogens with zero attached hydrogens (tertiary/aromatic N) is 3. The second-order valence-electron chi connectivity index (χ2n) is 5.41. The molecule has 1 atom stereocenters. The topological polar surface area (TPSA) is 42.7 Å². The van der Waals surface area contributed by atoms with Crippen LogP contribution in [0.2, 0.25) is 0 Å². The molecule has 102 valence electrons. The van der Waals surface area contributed by atoms with Crippen molar-refractivity contribution in [2.24, 2.45) is 5.92 Å². The molecule has 18 heavy (non-hydrogen) atoms. The van der Waals surface area contributed by atoms with Crippen molar-refractivity contribution in [3.63, 3.8) is 0 Å². The lowest BCUT2D eigenvalue weighted by atomic mass is 9.93. The van der Waals surface area contributed by atoms with Crippen LogP contribution in [-0.2, 0) is 13.1 Å². The largest absolute Gasteiger partial charge is 0.307 e. The summed E-state index contributed by atoms with van der Waals surface area (Å²) < 4.78 is 1.97. The van der Waals surface area contributed by atoms with Gasteiger partial charge >= 0.3 is 0 Å². The van der Waals surface area contributed by atoms with Crippen LogP contribution in [0.4, 0.5) is 0 Å². The van der Waals surface area contributed by atoms with Gasteiger partial charge in [0.1, 0.15) is 12.2 Å². The molecule has 4 nitrogen and oxygen atoms in total. The van der Waals surface area contributed by atoms with Gasteiger partial charge in [0.25, 0.3) is 0 Å². The molecule has 0 amide bonds. The monoisotopic (exact) mass is 250 g/mol. The van der Waals surface area contributed by atoms with Crippen LogP contribution >= 0.6 is 0 Å². The Hall–Kier alpha value is -0.900. The Morgan fingerprint density at radius 1 is 1.33 bits per heavy atom. The highest BCUT2D eigenvalue weighted by molar-refractivity contribution is 4.85. The molecular formula is C14H26N4. The van der Waals surface area contributed by atoms with Crippen molar-refractivity contribution >= 4 is 0 Å². The minimum atomic E-state index is 0.588. The molecule has 1 saturated carbocycles. The van der Waals surface area contributed by atoms with Gasteiger partial charge in [-0.05, 0) is 32.6 Å². The van der Waals surface area contributed by atoms with Gasteiger partial charge in [-0.15, -0.1) is 0 Å². The number of aryl methyl sites for hydroxylation is 1. The first kappa shape index (κ1) is 13.5. The zero-order chi connectivity index (χ0) is 12.8. The number of nitrogens with one attached hydrogen (secondary N) is 1. The predicted octanol–water partition coefficient (Wildman–Crippen LogP) is 2.75. The maximum absolute atomic E-state index is 4.31. The fourth-order valence-corrected chi connectivity index (χ4v) is 2.92. The zero-order valence-electron chi connectivity index (χ0n) is 11.7. The van der Waals surface area contributed by atoms with Crippen LogP contribution in [0.1, 0.15) is 58.2 Å². The van der Waals surface area contributed by atoms with Crippen molar-refractivity contribution in [3.05, 3.63) is 12.2 Å². The highest BCUT2D eigenvalue weighted by Gasteiger charge is 2.19. The third-order valence-corrected chi connectivity index (χ3v) is 4.18. The molecule has 4 heteroatoms. The van der Waals surface area contributed by atoms with Crippen LogP contribution in [0.15, 0.2) is 6.33 Å². The third kappa shape index (κ3) is 3.55. The van der Waals surface area contributed by atoms with Crippen molar-refractivity contribution in [1.82, 2.24) is 20.1 Å². The molecule has 1 fully saturated rings. The lowest BCUT2D eigenvalue weighted by Gasteiger charge is -2.23. The molecule has 0 bridgehead atoms. The van der Waals surface area contributed by atoms with Gasteiger partial charge in [0, 0.05) is 12.6 Å². The van der Waals surface area contributed by atoms with Gasteiger partial charge in [0.05, 0.1) is 6.54 Å². The summed E-state index contributed by atoms with van der Waals surface area (Å²) in [7, 11) is 0. The van der Waals surface area contributed by atoms with E-state index in [4.69, 9.17) is 0 Å². The van der Waals surface area contributed by atoms with Gasteiger partial charge in [-0.1, -0.05) is 25.7 Å². The van der Waals surface area contributed by atoms with Crippen LogP contribution in [-0.4, -0.2) is 20.8 Å². The van der Waals surface area contributed by atoms with Crippen LogP contribution in [0.5, 0.6) is 0 Å². The summed E-state index contributed by atoms with van der Waals surface area (Å²) in [6.07, 6.45) is 10.1. The quantitative estimate of drug-likeness (QED) is 0.817. The molecule has 1 aliphatic rings. The third-order valence-electron chi connectivity index (χ3n) is 4.18. The molecule has 1 N–H and O–H groups in total. The first-order chi connectivity index (χ1) is 8.81. The minimum absolute atomic E-state index is 0.588. The summed E-state index contributed by atoms with van der Waals surface area (Å²) in [5.41, 5.74) is 0. The van der Waals surface area contributed by atoms with Crippen LogP contribution in [0.3, 0.4) is 0 Å². The summed E-state index contributed by atoms with van der Waals surface area (Å²) in [5, 5.41) is 7.84. The molecule has 0 radical (unpaired) electrons. The van der Waals surface area contributed by atoms with Gasteiger partial charge < -0.3 is 5.32 Å². The van der Waals surface area contributed by atoms with E-state index >= 15 is 0 Å². The van der Waals surface area contributed by atoms with Crippen LogP contribution in [0.25, 0.3) is 0 Å². The molecular weight excluding hydrogens is 224 g/mol. The molecule has 1 aromatic rings. The molecule has 0 saturated heterocycles. The summed E-state index contributed by atoms with van der Waals surface area (Å²) >= 11 is 0. The molecule has 2 rings (SSSR count). The normalized spacial score (nSPS) is 19.7. The van der Waals surface area contributed by atoms with E-state index in [1.807, 2.05) is 4.68 Å². The molecule has 0 aliphatic heterocycles. The summed E-state index contributed by atoms with van der Waals surface area (Å²) in [6.45, 7) is 6.16. The Bertz CT molecular complexity index is 339. The highest BCUT2D eigenvalue weighted by Crippen LogP contribution is 2.25. The van der Waals surface area contributed by atoms with E-state index < -0.39 is 0 Å². The fraction of sp³-hybridized carbons (Fsp3) is 0.857. The Kier molecular flexibility index (Phi) is 5.17. The number of hydrogen-bond acceptors (Lipinski definition) is 3. The molecule has 1 aliphatic carbocycles. The number of rotatable bonds is 5. The van der Waals surface area contributed by atoms with Crippen molar-refractivity contribution in [3.8, 4) is 0 Å². The molecule has 0 aromatic carbocycles. The lowest BCUT2D eigenvalue weighted by Crippen LogP contribution is -2.33. The van der Waals surface area contributed by atoms with E-state index in [1.54, 1.807) is 6.33 Å². The Balaban J connectivity index is 1.81. The van der Waals surface area contributed by atoms with E-state index in [-0.39, 0.29) is 0 Å². The number of hydrogen-bond donors (Lipinski definition) is 1. The predicted molar refractivity (Wildman–Crippen MR) is 73.2 cm³/mol. The Labute approximate surface area is 110 Å². The first-order valence-electron chi connectivity index (χ1n) is 7.41. The van der Waals surface area contributed by atoms with Gasteiger partial charge in [-0.2, -0.15) is 5.10 Å². The zero-order valence-corrected chi connectivity index (χ0v) is 11.7. The van der Waals surface area contributed by atoms with Crippen molar-refractivity contribution < 1.29 is 0 Å². The van der Waals surface area contributed by atoms with E-state index in [2.05, 4.69) is 29.2 Å². The van der Waals surface area contributed by atoms with Crippen molar-refractivity contribution in [2.45, 2.75) is 71.5 Å². The van der Waals surface area contributed by atoms with E-state index in [9.17, 15) is 0 Å². The first-order valence-corrected chi connectivity index (χ1v) is 7.41. The van der Waals surface area contributed by atoms with E-state index in [1.165, 1.54) is 38.5 Å². The summed E-state index contributed by atoms with van der Waals surface area (Å²) in [5.74, 6) is 1.89. The van der Waals surface area contributed by atoms with Gasteiger partial charge in [0.2, 0.25) is 0 Å². The minimum Gasteiger partial charge on any atom is -0.307 e. The summed E-state index contributed by atoms with van der Waals surface area (Å²) in [4.78, 5) is 4.31. The second kappa shape index (κ2) is 6.88. The Morgan fingerprint density at radius 3 is 2.72 bits per heavy atom. The molecule has 0 spiro atoms. The Morgan fingerprint density at radius 2 is 2.06 bits per heavy atom.